The van der Waals surface area contributed by atoms with Crippen LogP contribution in [0.25, 0.3) is 0 Å². The Morgan fingerprint density at radius 3 is 2.69 bits per heavy atom. The van der Waals surface area contributed by atoms with Crippen molar-refractivity contribution in [1.29, 1.82) is 0 Å². The predicted molar refractivity (Wildman–Crippen MR) is 70.6 cm³/mol. The number of benzene rings is 1. The molecule has 1 aromatic carbocycles. The largest absolute Gasteiger partial charge is 0.298 e. The first-order valence-electron chi connectivity index (χ1n) is 6.23. The average molecular weight is 280 g/mol. The number of likely N-dealkylation sites (tertiary alicyclic amines) is 1. The zero-order valence-corrected chi connectivity index (χ0v) is 11.1. The summed E-state index contributed by atoms with van der Waals surface area (Å²) in [5.41, 5.74) is 1.45. The van der Waals surface area contributed by atoms with E-state index in [0.717, 1.165) is 23.2 Å². The van der Waals surface area contributed by atoms with Gasteiger partial charge in [-0.2, -0.15) is 0 Å². The molecule has 0 radical (unpaired) electrons. The Kier molecular flexibility index (Phi) is 3.03. The topological polar surface area (TPSA) is 3.24 Å². The van der Waals surface area contributed by atoms with Crippen LogP contribution >= 0.6 is 15.9 Å². The minimum absolute atomic E-state index is 0.776. The molecule has 1 aromatic rings. The minimum atomic E-state index is 0.776. The highest BCUT2D eigenvalue weighted by atomic mass is 79.9. The molecule has 0 unspecified atom stereocenters. The van der Waals surface area contributed by atoms with E-state index >= 15 is 0 Å². The molecule has 2 heteroatoms. The highest BCUT2D eigenvalue weighted by molar-refractivity contribution is 9.09. The summed E-state index contributed by atoms with van der Waals surface area (Å²) in [5, 5.41) is 0. The average Bonchev–Trinajstić information content (AvgIpc) is 2.83. The number of rotatable bonds is 2. The van der Waals surface area contributed by atoms with Crippen LogP contribution in [0.3, 0.4) is 0 Å². The molecular weight excluding hydrogens is 262 g/mol. The maximum absolute atomic E-state index is 3.83. The third-order valence-electron chi connectivity index (χ3n) is 4.09. The molecule has 1 saturated carbocycles. The van der Waals surface area contributed by atoms with Gasteiger partial charge in [0.25, 0.3) is 0 Å². The zero-order chi connectivity index (χ0) is 11.0. The summed E-state index contributed by atoms with van der Waals surface area (Å²) in [4.78, 5) is 3.40. The maximum atomic E-state index is 3.83. The van der Waals surface area contributed by atoms with Gasteiger partial charge in [-0.1, -0.05) is 46.3 Å². The normalized spacial score (nSPS) is 34.2. The number of halogens is 1. The van der Waals surface area contributed by atoms with Gasteiger partial charge in [-0.3, -0.25) is 4.90 Å². The van der Waals surface area contributed by atoms with Crippen molar-refractivity contribution < 1.29 is 0 Å². The third kappa shape index (κ3) is 2.05. The Morgan fingerprint density at radius 1 is 1.12 bits per heavy atom. The van der Waals surface area contributed by atoms with Crippen LogP contribution < -0.4 is 0 Å². The standard InChI is InChI=1S/C14H18BrN/c15-14-7-6-12-9-16(10-13(12)14)8-11-4-2-1-3-5-11/h1-5,12-14H,6-10H2/t12-,13+,14+/m1/s1. The van der Waals surface area contributed by atoms with Gasteiger partial charge in [-0.15, -0.1) is 0 Å². The van der Waals surface area contributed by atoms with Crippen molar-refractivity contribution in [2.75, 3.05) is 13.1 Å². The van der Waals surface area contributed by atoms with E-state index in [1.54, 1.807) is 0 Å². The molecule has 16 heavy (non-hydrogen) atoms. The van der Waals surface area contributed by atoms with Crippen LogP contribution in [-0.2, 0) is 6.54 Å². The fraction of sp³-hybridized carbons (Fsp3) is 0.571. The van der Waals surface area contributed by atoms with Gasteiger partial charge in [0.2, 0.25) is 0 Å². The van der Waals surface area contributed by atoms with E-state index in [9.17, 15) is 0 Å². The van der Waals surface area contributed by atoms with E-state index in [1.807, 2.05) is 0 Å². The number of fused-ring (bicyclic) bond motifs is 1. The minimum Gasteiger partial charge on any atom is -0.298 e. The van der Waals surface area contributed by atoms with Crippen molar-refractivity contribution in [3.05, 3.63) is 35.9 Å². The summed E-state index contributed by atoms with van der Waals surface area (Å²) in [5.74, 6) is 1.86. The number of nitrogens with zero attached hydrogens (tertiary/aromatic N) is 1. The molecule has 3 rings (SSSR count). The molecule has 86 valence electrons. The molecule has 0 spiro atoms. The Balaban J connectivity index is 1.63. The predicted octanol–water partition coefficient (Wildman–Crippen LogP) is 3.29. The molecule has 1 heterocycles. The van der Waals surface area contributed by atoms with Crippen molar-refractivity contribution >= 4 is 15.9 Å². The molecule has 2 fully saturated rings. The van der Waals surface area contributed by atoms with Crippen LogP contribution in [-0.4, -0.2) is 22.8 Å². The summed E-state index contributed by atoms with van der Waals surface area (Å²) in [6.07, 6.45) is 2.81. The van der Waals surface area contributed by atoms with E-state index in [2.05, 4.69) is 51.2 Å². The number of alkyl halides is 1. The van der Waals surface area contributed by atoms with Gasteiger partial charge in [0.05, 0.1) is 0 Å². The van der Waals surface area contributed by atoms with Crippen LogP contribution in [0, 0.1) is 11.8 Å². The quantitative estimate of drug-likeness (QED) is 0.751. The monoisotopic (exact) mass is 279 g/mol. The maximum Gasteiger partial charge on any atom is 0.0233 e. The Morgan fingerprint density at radius 2 is 1.94 bits per heavy atom. The van der Waals surface area contributed by atoms with Crippen molar-refractivity contribution in [3.63, 3.8) is 0 Å². The molecule has 0 N–H and O–H groups in total. The molecule has 1 saturated heterocycles. The van der Waals surface area contributed by atoms with E-state index in [-0.39, 0.29) is 0 Å². The SMILES string of the molecule is Br[C@H]1CC[C@@H]2CN(Cc3ccccc3)C[C@@H]21. The number of hydrogen-bond donors (Lipinski definition) is 0. The molecular formula is C14H18BrN. The highest BCUT2D eigenvalue weighted by Gasteiger charge is 2.41. The van der Waals surface area contributed by atoms with Crippen molar-refractivity contribution in [3.8, 4) is 0 Å². The molecule has 2 aliphatic rings. The van der Waals surface area contributed by atoms with E-state index < -0.39 is 0 Å². The summed E-state index contributed by atoms with van der Waals surface area (Å²) in [6.45, 7) is 3.73. The summed E-state index contributed by atoms with van der Waals surface area (Å²) in [6, 6.07) is 10.8. The van der Waals surface area contributed by atoms with Gasteiger partial charge in [0, 0.05) is 24.5 Å². The molecule has 1 aliphatic heterocycles. The van der Waals surface area contributed by atoms with Gasteiger partial charge in [-0.25, -0.2) is 0 Å². The zero-order valence-electron chi connectivity index (χ0n) is 9.48. The summed E-state index contributed by atoms with van der Waals surface area (Å²) < 4.78 is 0. The third-order valence-corrected chi connectivity index (χ3v) is 5.23. The molecule has 1 aliphatic carbocycles. The fourth-order valence-electron chi connectivity index (χ4n) is 3.26. The Labute approximate surface area is 106 Å². The number of hydrogen-bond acceptors (Lipinski definition) is 1. The lowest BCUT2D eigenvalue weighted by Crippen LogP contribution is -2.22. The van der Waals surface area contributed by atoms with Crippen LogP contribution in [0.15, 0.2) is 30.3 Å². The lowest BCUT2D eigenvalue weighted by atomic mass is 10.0. The van der Waals surface area contributed by atoms with Crippen molar-refractivity contribution in [2.45, 2.75) is 24.2 Å². The molecule has 0 amide bonds. The van der Waals surface area contributed by atoms with Crippen molar-refractivity contribution in [2.24, 2.45) is 11.8 Å². The van der Waals surface area contributed by atoms with Crippen LogP contribution in [0.5, 0.6) is 0 Å². The van der Waals surface area contributed by atoms with Crippen LogP contribution in [0.4, 0.5) is 0 Å². The van der Waals surface area contributed by atoms with Gasteiger partial charge in [-0.05, 0) is 30.2 Å². The lowest BCUT2D eigenvalue weighted by Gasteiger charge is -2.17. The first-order valence-corrected chi connectivity index (χ1v) is 7.15. The first-order chi connectivity index (χ1) is 7.83. The second-order valence-corrected chi connectivity index (χ2v) is 6.37. The highest BCUT2D eigenvalue weighted by Crippen LogP contribution is 2.42. The summed E-state index contributed by atoms with van der Waals surface area (Å²) >= 11 is 3.83. The van der Waals surface area contributed by atoms with Crippen molar-refractivity contribution in [1.82, 2.24) is 4.90 Å². The van der Waals surface area contributed by atoms with E-state index in [0.29, 0.717) is 0 Å². The fourth-order valence-corrected chi connectivity index (χ4v) is 4.13. The van der Waals surface area contributed by atoms with Crippen LogP contribution in [0.1, 0.15) is 18.4 Å². The van der Waals surface area contributed by atoms with E-state index in [4.69, 9.17) is 0 Å². The lowest BCUT2D eigenvalue weighted by molar-refractivity contribution is 0.305. The van der Waals surface area contributed by atoms with Gasteiger partial charge in [0.15, 0.2) is 0 Å². The first kappa shape index (κ1) is 10.8. The molecule has 1 nitrogen and oxygen atoms in total. The molecule has 3 atom stereocenters. The Hall–Kier alpha value is -0.340. The second-order valence-electron chi connectivity index (χ2n) is 5.20. The Bertz CT molecular complexity index is 351. The summed E-state index contributed by atoms with van der Waals surface area (Å²) in [7, 11) is 0. The van der Waals surface area contributed by atoms with Gasteiger partial charge >= 0.3 is 0 Å². The van der Waals surface area contributed by atoms with Gasteiger partial charge < -0.3 is 0 Å². The smallest absolute Gasteiger partial charge is 0.0233 e. The molecule has 0 aromatic heterocycles. The van der Waals surface area contributed by atoms with Gasteiger partial charge in [0.1, 0.15) is 0 Å². The van der Waals surface area contributed by atoms with E-state index in [1.165, 1.54) is 31.5 Å². The second kappa shape index (κ2) is 4.50. The molecule has 0 bridgehead atoms. The van der Waals surface area contributed by atoms with Crippen LogP contribution in [0.2, 0.25) is 0 Å².